The van der Waals surface area contributed by atoms with E-state index >= 15 is 0 Å². The molecule has 2 rings (SSSR count). The maximum Gasteiger partial charge on any atom is 0.237 e. The fourth-order valence-corrected chi connectivity index (χ4v) is 3.09. The quantitative estimate of drug-likeness (QED) is 0.720. The van der Waals surface area contributed by atoms with E-state index in [0.29, 0.717) is 12.6 Å². The molecule has 1 fully saturated rings. The van der Waals surface area contributed by atoms with Gasteiger partial charge in [0, 0.05) is 12.6 Å². The van der Waals surface area contributed by atoms with Crippen LogP contribution in [0.25, 0.3) is 0 Å². The predicted molar refractivity (Wildman–Crippen MR) is 92.3 cm³/mol. The third kappa shape index (κ3) is 6.86. The number of nitrogens with two attached hydrogens (primary N) is 1. The Kier molecular flexibility index (Phi) is 6.59. The van der Waals surface area contributed by atoms with E-state index in [0.717, 1.165) is 50.0 Å². The number of hydrogen-bond acceptors (Lipinski definition) is 6. The maximum atomic E-state index is 11.5. The van der Waals surface area contributed by atoms with Gasteiger partial charge in [-0.05, 0) is 43.6 Å². The number of nitrogens with zero attached hydrogens (tertiary/aromatic N) is 1. The van der Waals surface area contributed by atoms with Crippen molar-refractivity contribution in [2.24, 2.45) is 5.73 Å². The molecule has 1 aromatic rings. The Morgan fingerprint density at radius 3 is 2.50 bits per heavy atom. The second kappa shape index (κ2) is 8.46. The smallest absolute Gasteiger partial charge is 0.237 e. The van der Waals surface area contributed by atoms with Crippen LogP contribution in [0.4, 0.5) is 0 Å². The Balaban J connectivity index is 1.73. The highest BCUT2D eigenvalue weighted by molar-refractivity contribution is 7.89. The molecule has 1 aliphatic rings. The van der Waals surface area contributed by atoms with E-state index in [2.05, 4.69) is 4.90 Å². The summed E-state index contributed by atoms with van der Waals surface area (Å²) in [5, 5.41) is 0. The zero-order valence-corrected chi connectivity index (χ0v) is 14.7. The highest BCUT2D eigenvalue weighted by Crippen LogP contribution is 2.13. The van der Waals surface area contributed by atoms with E-state index in [4.69, 9.17) is 10.5 Å². The van der Waals surface area contributed by atoms with Crippen LogP contribution in [-0.4, -0.2) is 57.8 Å². The summed E-state index contributed by atoms with van der Waals surface area (Å²) in [6.07, 6.45) is 3.04. The van der Waals surface area contributed by atoms with Crippen molar-refractivity contribution in [2.45, 2.75) is 25.3 Å². The van der Waals surface area contributed by atoms with E-state index in [1.807, 2.05) is 4.72 Å². The molecular weight excluding hydrogens is 330 g/mol. The monoisotopic (exact) mass is 355 g/mol. The summed E-state index contributed by atoms with van der Waals surface area (Å²) in [6, 6.07) is 7.42. The standard InChI is InChI=1S/C16H25N3O4S/c1-24(21,22)18-16(20)12-13-2-4-15(5-3-13)23-11-10-19-8-6-14(17)7-9-19/h2-5,14H,6-12,17H2,1H3,(H,18,20). The van der Waals surface area contributed by atoms with E-state index in [1.54, 1.807) is 24.3 Å². The molecule has 0 bridgehead atoms. The number of sulfonamides is 1. The van der Waals surface area contributed by atoms with Crippen LogP contribution in [0.3, 0.4) is 0 Å². The summed E-state index contributed by atoms with van der Waals surface area (Å²) in [6.45, 7) is 3.49. The van der Waals surface area contributed by atoms with Crippen LogP contribution >= 0.6 is 0 Å². The second-order valence-corrected chi connectivity index (χ2v) is 7.89. The molecule has 0 saturated carbocycles. The fraction of sp³-hybridized carbons (Fsp3) is 0.562. The van der Waals surface area contributed by atoms with Crippen LogP contribution in [0.15, 0.2) is 24.3 Å². The summed E-state index contributed by atoms with van der Waals surface area (Å²) in [5.74, 6) is 0.186. The van der Waals surface area contributed by atoms with Crippen molar-refractivity contribution < 1.29 is 17.9 Å². The number of amides is 1. The molecule has 0 aromatic heterocycles. The molecule has 1 aliphatic heterocycles. The van der Waals surface area contributed by atoms with Gasteiger partial charge in [-0.25, -0.2) is 8.42 Å². The molecule has 0 radical (unpaired) electrons. The van der Waals surface area contributed by atoms with Crippen molar-refractivity contribution >= 4 is 15.9 Å². The summed E-state index contributed by atoms with van der Waals surface area (Å²) in [4.78, 5) is 13.9. The molecule has 0 spiro atoms. The second-order valence-electron chi connectivity index (χ2n) is 6.15. The molecule has 1 aromatic carbocycles. The molecule has 1 saturated heterocycles. The van der Waals surface area contributed by atoms with Crippen molar-refractivity contribution in [3.8, 4) is 5.75 Å². The van der Waals surface area contributed by atoms with Gasteiger partial charge in [0.15, 0.2) is 0 Å². The van der Waals surface area contributed by atoms with Gasteiger partial charge in [0.25, 0.3) is 0 Å². The molecule has 0 aliphatic carbocycles. The zero-order valence-electron chi connectivity index (χ0n) is 13.9. The average molecular weight is 355 g/mol. The number of carbonyl (C=O) groups is 1. The summed E-state index contributed by atoms with van der Waals surface area (Å²) < 4.78 is 29.6. The topological polar surface area (TPSA) is 102 Å². The number of carbonyl (C=O) groups excluding carboxylic acids is 1. The molecule has 1 amide bonds. The third-order valence-corrected chi connectivity index (χ3v) is 4.49. The lowest BCUT2D eigenvalue weighted by Crippen LogP contribution is -2.41. The highest BCUT2D eigenvalue weighted by atomic mass is 32.2. The Labute approximate surface area is 143 Å². The van der Waals surface area contributed by atoms with Crippen LogP contribution in [0.1, 0.15) is 18.4 Å². The lowest BCUT2D eigenvalue weighted by molar-refractivity contribution is -0.118. The lowest BCUT2D eigenvalue weighted by Gasteiger charge is -2.29. The largest absolute Gasteiger partial charge is 0.492 e. The van der Waals surface area contributed by atoms with Gasteiger partial charge >= 0.3 is 0 Å². The summed E-state index contributed by atoms with van der Waals surface area (Å²) in [5.41, 5.74) is 6.61. The van der Waals surface area contributed by atoms with Crippen molar-refractivity contribution in [2.75, 3.05) is 32.5 Å². The molecule has 134 valence electrons. The molecule has 0 unspecified atom stereocenters. The van der Waals surface area contributed by atoms with Gasteiger partial charge in [-0.1, -0.05) is 12.1 Å². The Bertz CT molecular complexity index is 638. The number of likely N-dealkylation sites (tertiary alicyclic amines) is 1. The van der Waals surface area contributed by atoms with Crippen LogP contribution in [0.2, 0.25) is 0 Å². The van der Waals surface area contributed by atoms with Gasteiger partial charge in [-0.2, -0.15) is 0 Å². The number of rotatable bonds is 7. The van der Waals surface area contributed by atoms with Gasteiger partial charge in [-0.3, -0.25) is 14.4 Å². The van der Waals surface area contributed by atoms with Gasteiger partial charge in [0.2, 0.25) is 15.9 Å². The van der Waals surface area contributed by atoms with Crippen molar-refractivity contribution in [1.82, 2.24) is 9.62 Å². The van der Waals surface area contributed by atoms with Crippen LogP contribution in [0, 0.1) is 0 Å². The van der Waals surface area contributed by atoms with Gasteiger partial charge in [0.05, 0.1) is 12.7 Å². The first kappa shape index (κ1) is 18.7. The molecule has 3 N–H and O–H groups in total. The maximum absolute atomic E-state index is 11.5. The summed E-state index contributed by atoms with van der Waals surface area (Å²) >= 11 is 0. The van der Waals surface area contributed by atoms with Crippen LogP contribution in [0.5, 0.6) is 5.75 Å². The van der Waals surface area contributed by atoms with Crippen molar-refractivity contribution in [1.29, 1.82) is 0 Å². The first-order chi connectivity index (χ1) is 11.3. The Morgan fingerprint density at radius 2 is 1.92 bits per heavy atom. The average Bonchev–Trinajstić information content (AvgIpc) is 2.49. The normalized spacial score (nSPS) is 16.8. The van der Waals surface area contributed by atoms with Gasteiger partial charge in [-0.15, -0.1) is 0 Å². The number of nitrogens with one attached hydrogen (secondary N) is 1. The van der Waals surface area contributed by atoms with E-state index < -0.39 is 15.9 Å². The van der Waals surface area contributed by atoms with Crippen LogP contribution in [-0.2, 0) is 21.2 Å². The molecule has 7 nitrogen and oxygen atoms in total. The highest BCUT2D eigenvalue weighted by Gasteiger charge is 2.15. The minimum Gasteiger partial charge on any atom is -0.492 e. The number of piperidine rings is 1. The predicted octanol–water partition coefficient (Wildman–Crippen LogP) is 0.107. The summed E-state index contributed by atoms with van der Waals surface area (Å²) in [7, 11) is -3.51. The van der Waals surface area contributed by atoms with E-state index in [9.17, 15) is 13.2 Å². The Hall–Kier alpha value is -1.64. The van der Waals surface area contributed by atoms with E-state index in [1.165, 1.54) is 0 Å². The first-order valence-corrected chi connectivity index (χ1v) is 9.91. The lowest BCUT2D eigenvalue weighted by atomic mass is 10.1. The van der Waals surface area contributed by atoms with Crippen molar-refractivity contribution in [3.63, 3.8) is 0 Å². The number of hydrogen-bond donors (Lipinski definition) is 2. The fourth-order valence-electron chi connectivity index (χ4n) is 2.60. The number of ether oxygens (including phenoxy) is 1. The molecule has 0 atom stereocenters. The van der Waals surface area contributed by atoms with Gasteiger partial charge in [0.1, 0.15) is 12.4 Å². The first-order valence-electron chi connectivity index (χ1n) is 8.02. The van der Waals surface area contributed by atoms with Gasteiger partial charge < -0.3 is 10.5 Å². The number of benzene rings is 1. The molecular formula is C16H25N3O4S. The minimum absolute atomic E-state index is 0.0153. The zero-order chi connectivity index (χ0) is 17.6. The molecule has 24 heavy (non-hydrogen) atoms. The third-order valence-electron chi connectivity index (χ3n) is 3.90. The Morgan fingerprint density at radius 1 is 1.29 bits per heavy atom. The van der Waals surface area contributed by atoms with Crippen LogP contribution < -0.4 is 15.2 Å². The SMILES string of the molecule is CS(=O)(=O)NC(=O)Cc1ccc(OCCN2CCC(N)CC2)cc1. The van der Waals surface area contributed by atoms with E-state index in [-0.39, 0.29) is 6.42 Å². The molecule has 1 heterocycles. The van der Waals surface area contributed by atoms with Crippen molar-refractivity contribution in [3.05, 3.63) is 29.8 Å². The minimum atomic E-state index is -3.51. The molecule has 8 heteroatoms.